The molecule has 9 heteroatoms. The maximum Gasteiger partial charge on any atom is 0.241 e. The maximum absolute atomic E-state index is 12.2. The summed E-state index contributed by atoms with van der Waals surface area (Å²) < 4.78 is 32.0. The van der Waals surface area contributed by atoms with E-state index < -0.39 is 10.0 Å². The van der Waals surface area contributed by atoms with Gasteiger partial charge in [0.15, 0.2) is 6.33 Å². The molecule has 1 heterocycles. The highest BCUT2D eigenvalue weighted by molar-refractivity contribution is 9.10. The standard InChI is InChI=1S/C11H12BrN3O4S/c12-9-2-1-8(6-16)5-10(9)20(17,18)15-4-3-11-13-7-14-19-11/h1-2,5,7,15-16H,3-4,6H2. The van der Waals surface area contributed by atoms with Gasteiger partial charge in [-0.2, -0.15) is 4.98 Å². The average molecular weight is 362 g/mol. The molecule has 0 fully saturated rings. The normalized spacial score (nSPS) is 11.7. The van der Waals surface area contributed by atoms with Gasteiger partial charge in [0.1, 0.15) is 0 Å². The third kappa shape index (κ3) is 3.63. The number of nitrogens with one attached hydrogen (secondary N) is 1. The van der Waals surface area contributed by atoms with Crippen molar-refractivity contribution >= 4 is 26.0 Å². The van der Waals surface area contributed by atoms with Crippen LogP contribution in [0.25, 0.3) is 0 Å². The second-order valence-corrected chi connectivity index (χ2v) is 6.50. The van der Waals surface area contributed by atoms with Gasteiger partial charge in [-0.1, -0.05) is 11.2 Å². The number of aromatic nitrogens is 2. The van der Waals surface area contributed by atoms with Crippen molar-refractivity contribution in [1.29, 1.82) is 0 Å². The number of benzene rings is 1. The number of sulfonamides is 1. The van der Waals surface area contributed by atoms with Crippen LogP contribution in [0.15, 0.2) is 38.4 Å². The fourth-order valence-corrected chi connectivity index (χ4v) is 3.57. The lowest BCUT2D eigenvalue weighted by Crippen LogP contribution is -2.26. The van der Waals surface area contributed by atoms with E-state index in [-0.39, 0.29) is 18.0 Å². The molecule has 1 aromatic heterocycles. The molecule has 0 saturated heterocycles. The molecule has 108 valence electrons. The van der Waals surface area contributed by atoms with E-state index in [1.54, 1.807) is 12.1 Å². The second-order valence-electron chi connectivity index (χ2n) is 3.91. The van der Waals surface area contributed by atoms with Crippen molar-refractivity contribution in [3.63, 3.8) is 0 Å². The number of rotatable bonds is 6. The van der Waals surface area contributed by atoms with Crippen molar-refractivity contribution in [2.24, 2.45) is 0 Å². The first-order chi connectivity index (χ1) is 9.53. The maximum atomic E-state index is 12.2. The summed E-state index contributed by atoms with van der Waals surface area (Å²) >= 11 is 3.18. The summed E-state index contributed by atoms with van der Waals surface area (Å²) in [6, 6.07) is 4.64. The molecule has 1 aromatic carbocycles. The quantitative estimate of drug-likeness (QED) is 0.789. The Morgan fingerprint density at radius 1 is 1.40 bits per heavy atom. The number of aliphatic hydroxyl groups excluding tert-OH is 1. The lowest BCUT2D eigenvalue weighted by Gasteiger charge is -2.09. The van der Waals surface area contributed by atoms with Crippen LogP contribution in [-0.4, -0.2) is 30.2 Å². The van der Waals surface area contributed by atoms with Crippen molar-refractivity contribution in [2.75, 3.05) is 6.54 Å². The van der Waals surface area contributed by atoms with Crippen molar-refractivity contribution < 1.29 is 18.0 Å². The summed E-state index contributed by atoms with van der Waals surface area (Å²) in [5, 5.41) is 12.5. The third-order valence-electron chi connectivity index (χ3n) is 2.51. The summed E-state index contributed by atoms with van der Waals surface area (Å²) in [5.41, 5.74) is 0.519. The molecular formula is C11H12BrN3O4S. The Morgan fingerprint density at radius 2 is 2.20 bits per heavy atom. The molecule has 7 nitrogen and oxygen atoms in total. The van der Waals surface area contributed by atoms with Crippen LogP contribution in [0.1, 0.15) is 11.5 Å². The van der Waals surface area contributed by atoms with Crippen LogP contribution in [0.2, 0.25) is 0 Å². The number of hydrogen-bond donors (Lipinski definition) is 2. The lowest BCUT2D eigenvalue weighted by molar-refractivity contribution is 0.281. The number of aliphatic hydroxyl groups is 1. The molecule has 2 aromatic rings. The van der Waals surface area contributed by atoms with Crippen LogP contribution in [0.3, 0.4) is 0 Å². The van der Waals surface area contributed by atoms with Crippen molar-refractivity contribution in [3.8, 4) is 0 Å². The Bertz CT molecular complexity index is 673. The molecule has 0 aliphatic heterocycles. The van der Waals surface area contributed by atoms with Crippen LogP contribution < -0.4 is 4.72 Å². The topological polar surface area (TPSA) is 105 Å². The summed E-state index contributed by atoms with van der Waals surface area (Å²) in [6.45, 7) is -0.0852. The van der Waals surface area contributed by atoms with Crippen molar-refractivity contribution in [2.45, 2.75) is 17.9 Å². The van der Waals surface area contributed by atoms with E-state index in [4.69, 9.17) is 9.63 Å². The molecule has 0 saturated carbocycles. The second kappa shape index (κ2) is 6.44. The minimum absolute atomic E-state index is 0.0783. The highest BCUT2D eigenvalue weighted by Crippen LogP contribution is 2.23. The Kier molecular flexibility index (Phi) is 4.86. The molecule has 2 rings (SSSR count). The Morgan fingerprint density at radius 3 is 2.85 bits per heavy atom. The number of nitrogens with zero attached hydrogens (tertiary/aromatic N) is 2. The van der Waals surface area contributed by atoms with Crippen molar-refractivity contribution in [3.05, 3.63) is 40.5 Å². The Labute approximate surface area is 124 Å². The Hall–Kier alpha value is -1.29. The zero-order valence-electron chi connectivity index (χ0n) is 10.3. The molecule has 0 radical (unpaired) electrons. The Balaban J connectivity index is 2.09. The van der Waals surface area contributed by atoms with E-state index >= 15 is 0 Å². The van der Waals surface area contributed by atoms with Gasteiger partial charge < -0.3 is 9.63 Å². The zero-order valence-corrected chi connectivity index (χ0v) is 12.7. The van der Waals surface area contributed by atoms with Gasteiger partial charge in [0.25, 0.3) is 0 Å². The van der Waals surface area contributed by atoms with E-state index in [1.807, 2.05) is 0 Å². The summed E-state index contributed by atoms with van der Waals surface area (Å²) in [7, 11) is -3.67. The van der Waals surface area contributed by atoms with Crippen LogP contribution >= 0.6 is 15.9 Å². The number of hydrogen-bond acceptors (Lipinski definition) is 6. The van der Waals surface area contributed by atoms with Gasteiger partial charge in [0, 0.05) is 17.4 Å². The molecule has 2 N–H and O–H groups in total. The number of halogens is 1. The molecule has 20 heavy (non-hydrogen) atoms. The molecule has 0 bridgehead atoms. The summed E-state index contributed by atoms with van der Waals surface area (Å²) in [5.74, 6) is 0.357. The molecule has 0 spiro atoms. The van der Waals surface area contributed by atoms with Gasteiger partial charge in [-0.05, 0) is 33.6 Å². The smallest absolute Gasteiger partial charge is 0.241 e. The largest absolute Gasteiger partial charge is 0.392 e. The van der Waals surface area contributed by atoms with E-state index in [0.717, 1.165) is 0 Å². The zero-order chi connectivity index (χ0) is 14.6. The molecule has 0 atom stereocenters. The fourth-order valence-electron chi connectivity index (χ4n) is 1.53. The third-order valence-corrected chi connectivity index (χ3v) is 4.96. The first-order valence-corrected chi connectivity index (χ1v) is 7.95. The molecule has 0 aliphatic rings. The van der Waals surface area contributed by atoms with Gasteiger partial charge in [-0.25, -0.2) is 13.1 Å². The fraction of sp³-hybridized carbons (Fsp3) is 0.273. The molecule has 0 aliphatic carbocycles. The van der Waals surface area contributed by atoms with Gasteiger partial charge in [0.2, 0.25) is 15.9 Å². The summed E-state index contributed by atoms with van der Waals surface area (Å²) in [6.07, 6.45) is 1.56. The van der Waals surface area contributed by atoms with Crippen LogP contribution in [0.4, 0.5) is 0 Å². The van der Waals surface area contributed by atoms with Gasteiger partial charge >= 0.3 is 0 Å². The van der Waals surface area contributed by atoms with Crippen LogP contribution in [-0.2, 0) is 23.1 Å². The predicted molar refractivity (Wildman–Crippen MR) is 73.3 cm³/mol. The SMILES string of the molecule is O=S(=O)(NCCc1ncno1)c1cc(CO)ccc1Br. The average Bonchev–Trinajstić information content (AvgIpc) is 2.92. The molecular weight excluding hydrogens is 350 g/mol. The van der Waals surface area contributed by atoms with Gasteiger partial charge in [0.05, 0.1) is 11.5 Å². The highest BCUT2D eigenvalue weighted by atomic mass is 79.9. The first-order valence-electron chi connectivity index (χ1n) is 5.67. The minimum atomic E-state index is -3.67. The first kappa shape index (κ1) is 15.1. The van der Waals surface area contributed by atoms with Crippen molar-refractivity contribution in [1.82, 2.24) is 14.9 Å². The van der Waals surface area contributed by atoms with Gasteiger partial charge in [-0.3, -0.25) is 0 Å². The van der Waals surface area contributed by atoms with E-state index in [0.29, 0.717) is 22.3 Å². The highest BCUT2D eigenvalue weighted by Gasteiger charge is 2.18. The van der Waals surface area contributed by atoms with Gasteiger partial charge in [-0.15, -0.1) is 0 Å². The van der Waals surface area contributed by atoms with Crippen LogP contribution in [0, 0.1) is 0 Å². The minimum Gasteiger partial charge on any atom is -0.392 e. The van der Waals surface area contributed by atoms with Crippen LogP contribution in [0.5, 0.6) is 0 Å². The van der Waals surface area contributed by atoms with E-state index in [1.165, 1.54) is 12.4 Å². The predicted octanol–water partition coefficient (Wildman–Crippen LogP) is 0.845. The van der Waals surface area contributed by atoms with E-state index in [9.17, 15) is 8.42 Å². The van der Waals surface area contributed by atoms with E-state index in [2.05, 4.69) is 30.8 Å². The summed E-state index contributed by atoms with van der Waals surface area (Å²) in [4.78, 5) is 3.88. The lowest BCUT2D eigenvalue weighted by atomic mass is 10.2. The monoisotopic (exact) mass is 361 g/mol. The molecule has 0 unspecified atom stereocenters. The molecule has 0 amide bonds.